The highest BCUT2D eigenvalue weighted by Gasteiger charge is 2.17. The molecule has 0 bridgehead atoms. The first-order valence-electron chi connectivity index (χ1n) is 20.3. The molecule has 2 heteroatoms. The molecule has 2 atom stereocenters. The normalized spacial score (nSPS) is 12.6. The van der Waals surface area contributed by atoms with Gasteiger partial charge in [-0.15, -0.1) is 0 Å². The van der Waals surface area contributed by atoms with Crippen LogP contribution in [0.25, 0.3) is 0 Å². The number of hydrogen-bond donors (Lipinski definition) is 2. The summed E-state index contributed by atoms with van der Waals surface area (Å²) in [5.41, 5.74) is 25.2. The van der Waals surface area contributed by atoms with Crippen LogP contribution in [0.15, 0.2) is 84.9 Å². The van der Waals surface area contributed by atoms with Crippen molar-refractivity contribution in [1.29, 1.82) is 0 Å². The lowest BCUT2D eigenvalue weighted by Gasteiger charge is -2.21. The molecule has 50 heavy (non-hydrogen) atoms. The highest BCUT2D eigenvalue weighted by atomic mass is 14.5. The van der Waals surface area contributed by atoms with E-state index in [1.807, 2.05) is 0 Å². The van der Waals surface area contributed by atoms with Gasteiger partial charge in [0.05, 0.1) is 0 Å². The fourth-order valence-corrected chi connectivity index (χ4v) is 7.91. The number of nitrogen functional groups attached to an aromatic ring is 2. The van der Waals surface area contributed by atoms with E-state index < -0.39 is 0 Å². The molecule has 0 radical (unpaired) electrons. The number of unbranched alkanes of at least 4 members (excludes halogenated alkanes) is 11. The lowest BCUT2D eigenvalue weighted by molar-refractivity contribution is 0.551. The Bertz CT molecular complexity index is 1400. The van der Waals surface area contributed by atoms with Crippen LogP contribution in [-0.4, -0.2) is 0 Å². The Morgan fingerprint density at radius 1 is 0.420 bits per heavy atom. The molecule has 2 unspecified atom stereocenters. The summed E-state index contributed by atoms with van der Waals surface area (Å²) in [6.45, 7) is 8.98. The lowest BCUT2D eigenvalue weighted by Crippen LogP contribution is -2.04. The Labute approximate surface area is 306 Å². The van der Waals surface area contributed by atoms with E-state index in [0.717, 1.165) is 11.4 Å². The quantitative estimate of drug-likeness (QED) is 0.0608. The first kappa shape index (κ1) is 39.3. The van der Waals surface area contributed by atoms with Crippen molar-refractivity contribution in [2.75, 3.05) is 11.5 Å². The minimum absolute atomic E-state index is 0.460. The van der Waals surface area contributed by atoms with Crippen LogP contribution >= 0.6 is 0 Å². The average molecular weight is 673 g/mol. The molecule has 0 aliphatic carbocycles. The number of hydrogen-bond acceptors (Lipinski definition) is 2. The van der Waals surface area contributed by atoms with Gasteiger partial charge in [0.25, 0.3) is 0 Å². The zero-order valence-corrected chi connectivity index (χ0v) is 32.1. The van der Waals surface area contributed by atoms with Gasteiger partial charge in [-0.2, -0.15) is 0 Å². The summed E-state index contributed by atoms with van der Waals surface area (Å²) in [5.74, 6) is 0.920. The fourth-order valence-electron chi connectivity index (χ4n) is 7.91. The van der Waals surface area contributed by atoms with Crippen molar-refractivity contribution >= 4 is 11.4 Å². The summed E-state index contributed by atoms with van der Waals surface area (Å²) in [7, 11) is 0. The summed E-state index contributed by atoms with van der Waals surface area (Å²) in [5, 5.41) is 0. The van der Waals surface area contributed by atoms with E-state index in [1.165, 1.54) is 160 Å². The fraction of sp³-hybridized carbons (Fsp3) is 0.500. The van der Waals surface area contributed by atoms with E-state index in [2.05, 4.69) is 113 Å². The molecule has 0 saturated carbocycles. The Balaban J connectivity index is 1.06. The molecule has 4 aromatic carbocycles. The number of rotatable bonds is 23. The van der Waals surface area contributed by atoms with Crippen LogP contribution in [0.3, 0.4) is 0 Å². The maximum Gasteiger partial charge on any atom is 0.0316 e. The van der Waals surface area contributed by atoms with Crippen molar-refractivity contribution in [2.24, 2.45) is 0 Å². The third kappa shape index (κ3) is 12.7. The minimum Gasteiger partial charge on any atom is -0.399 e. The van der Waals surface area contributed by atoms with Gasteiger partial charge in [0.15, 0.2) is 0 Å². The molecule has 0 heterocycles. The number of anilines is 2. The number of aryl methyl sites for hydroxylation is 4. The predicted octanol–water partition coefficient (Wildman–Crippen LogP) is 13.8. The zero-order valence-electron chi connectivity index (χ0n) is 32.1. The van der Waals surface area contributed by atoms with Crippen molar-refractivity contribution < 1.29 is 0 Å². The first-order valence-corrected chi connectivity index (χ1v) is 20.3. The van der Waals surface area contributed by atoms with Crippen molar-refractivity contribution in [2.45, 2.75) is 155 Å². The molecule has 0 aliphatic rings. The maximum absolute atomic E-state index is 6.05. The van der Waals surface area contributed by atoms with Crippen LogP contribution in [-0.2, 0) is 12.8 Å². The summed E-state index contributed by atoms with van der Waals surface area (Å²) in [6.07, 6.45) is 23.4. The molecule has 4 aromatic rings. The van der Waals surface area contributed by atoms with Crippen LogP contribution < -0.4 is 11.5 Å². The Kier molecular flexibility index (Phi) is 17.0. The molecule has 270 valence electrons. The molecule has 0 saturated heterocycles. The SMILES string of the molecule is CCCCC(c1ccc(CCCCCCCCCCCCc2ccc(C(CCCC)c3ccc(N)cc3C)cc2)cc1)c1ccc(N)cc1C. The highest BCUT2D eigenvalue weighted by molar-refractivity contribution is 5.49. The highest BCUT2D eigenvalue weighted by Crippen LogP contribution is 2.34. The van der Waals surface area contributed by atoms with Crippen LogP contribution in [0.4, 0.5) is 11.4 Å². The van der Waals surface area contributed by atoms with Crippen molar-refractivity contribution in [3.8, 4) is 0 Å². The topological polar surface area (TPSA) is 52.0 Å². The van der Waals surface area contributed by atoms with Gasteiger partial charge in [0.1, 0.15) is 0 Å². The molecule has 0 aromatic heterocycles. The van der Waals surface area contributed by atoms with Crippen LogP contribution in [0, 0.1) is 13.8 Å². The average Bonchev–Trinajstić information content (AvgIpc) is 3.11. The van der Waals surface area contributed by atoms with Gasteiger partial charge in [0, 0.05) is 23.2 Å². The second-order valence-corrected chi connectivity index (χ2v) is 15.1. The second-order valence-electron chi connectivity index (χ2n) is 15.1. The molecule has 0 spiro atoms. The number of nitrogens with two attached hydrogens (primary N) is 2. The van der Waals surface area contributed by atoms with Gasteiger partial charge in [-0.3, -0.25) is 0 Å². The molecule has 4 N–H and O–H groups in total. The predicted molar refractivity (Wildman–Crippen MR) is 220 cm³/mol. The van der Waals surface area contributed by atoms with Crippen LogP contribution in [0.2, 0.25) is 0 Å². The minimum atomic E-state index is 0.460. The van der Waals surface area contributed by atoms with E-state index in [9.17, 15) is 0 Å². The third-order valence-corrected chi connectivity index (χ3v) is 11.0. The Hall–Kier alpha value is -3.52. The van der Waals surface area contributed by atoms with E-state index in [-0.39, 0.29) is 0 Å². The van der Waals surface area contributed by atoms with Crippen molar-refractivity contribution in [1.82, 2.24) is 0 Å². The Morgan fingerprint density at radius 2 is 0.760 bits per heavy atom. The first-order chi connectivity index (χ1) is 24.4. The van der Waals surface area contributed by atoms with Gasteiger partial charge in [-0.25, -0.2) is 0 Å². The van der Waals surface area contributed by atoms with Crippen molar-refractivity contribution in [3.63, 3.8) is 0 Å². The van der Waals surface area contributed by atoms with E-state index in [0.29, 0.717) is 11.8 Å². The Morgan fingerprint density at radius 3 is 1.08 bits per heavy atom. The standard InChI is InChI=1S/C48H68N2/c1-5-7-21-47(45-33-31-43(49)35-37(45)3)41-27-23-39(24-28-41)19-17-15-13-11-9-10-12-14-16-18-20-40-25-29-42(30-26-40)48(22-8-6-2)46-34-32-44(50)36-38(46)4/h23-36,47-48H,5-22,49-50H2,1-4H3. The van der Waals surface area contributed by atoms with Crippen LogP contribution in [0.1, 0.15) is 173 Å². The summed E-state index contributed by atoms with van der Waals surface area (Å²) in [6, 6.07) is 31.9. The van der Waals surface area contributed by atoms with E-state index in [1.54, 1.807) is 0 Å². The summed E-state index contributed by atoms with van der Waals surface area (Å²) < 4.78 is 0. The lowest BCUT2D eigenvalue weighted by atomic mass is 9.84. The molecule has 0 fully saturated rings. The zero-order chi connectivity index (χ0) is 35.6. The van der Waals surface area contributed by atoms with E-state index >= 15 is 0 Å². The smallest absolute Gasteiger partial charge is 0.0316 e. The largest absolute Gasteiger partial charge is 0.399 e. The van der Waals surface area contributed by atoms with Gasteiger partial charge in [-0.1, -0.05) is 152 Å². The van der Waals surface area contributed by atoms with Gasteiger partial charge >= 0.3 is 0 Å². The molecule has 2 nitrogen and oxygen atoms in total. The number of benzene rings is 4. The van der Waals surface area contributed by atoms with Gasteiger partial charge in [0.2, 0.25) is 0 Å². The molecule has 4 rings (SSSR count). The third-order valence-electron chi connectivity index (χ3n) is 11.0. The summed E-state index contributed by atoms with van der Waals surface area (Å²) >= 11 is 0. The molecule has 0 aliphatic heterocycles. The summed E-state index contributed by atoms with van der Waals surface area (Å²) in [4.78, 5) is 0. The van der Waals surface area contributed by atoms with Gasteiger partial charge in [-0.05, 0) is 121 Å². The van der Waals surface area contributed by atoms with Crippen molar-refractivity contribution in [3.05, 3.63) is 129 Å². The van der Waals surface area contributed by atoms with Gasteiger partial charge < -0.3 is 11.5 Å². The monoisotopic (exact) mass is 673 g/mol. The van der Waals surface area contributed by atoms with E-state index in [4.69, 9.17) is 11.5 Å². The maximum atomic E-state index is 6.05. The molecular formula is C48H68N2. The molecule has 0 amide bonds. The molecular weight excluding hydrogens is 605 g/mol. The second kappa shape index (κ2) is 21.6. The van der Waals surface area contributed by atoms with Crippen LogP contribution in [0.5, 0.6) is 0 Å².